The minimum Gasteiger partial charge on any atom is -0.469 e. The number of hydrogen-bond donors (Lipinski definition) is 1. The SMILES string of the molecule is COC(=O)[C@@H](C)[C@H](NC(=O)c1ccncc1Cl)c1ccccc1. The second-order valence-corrected chi connectivity index (χ2v) is 5.44. The minimum atomic E-state index is -0.549. The van der Waals surface area contributed by atoms with E-state index in [1.807, 2.05) is 30.3 Å². The molecule has 1 aromatic heterocycles. The van der Waals surface area contributed by atoms with Crippen LogP contribution < -0.4 is 5.32 Å². The Kier molecular flexibility index (Phi) is 5.71. The van der Waals surface area contributed by atoms with Crippen molar-refractivity contribution in [2.45, 2.75) is 13.0 Å². The number of hydrogen-bond acceptors (Lipinski definition) is 4. The highest BCUT2D eigenvalue weighted by Crippen LogP contribution is 2.24. The van der Waals surface area contributed by atoms with Gasteiger partial charge in [-0.3, -0.25) is 14.6 Å². The van der Waals surface area contributed by atoms with Gasteiger partial charge in [0.1, 0.15) is 0 Å². The lowest BCUT2D eigenvalue weighted by Gasteiger charge is -2.24. The zero-order chi connectivity index (χ0) is 16.8. The number of pyridine rings is 1. The van der Waals surface area contributed by atoms with E-state index in [9.17, 15) is 9.59 Å². The first-order chi connectivity index (χ1) is 11.0. The molecule has 1 N–H and O–H groups in total. The number of nitrogens with one attached hydrogen (secondary N) is 1. The summed E-state index contributed by atoms with van der Waals surface area (Å²) in [5.74, 6) is -1.33. The fraction of sp³-hybridized carbons (Fsp3) is 0.235. The molecule has 0 aliphatic rings. The van der Waals surface area contributed by atoms with Gasteiger partial charge in [0.05, 0.1) is 29.7 Å². The van der Waals surface area contributed by atoms with E-state index in [1.54, 1.807) is 6.92 Å². The van der Waals surface area contributed by atoms with Crippen LogP contribution in [0, 0.1) is 5.92 Å². The van der Waals surface area contributed by atoms with Gasteiger partial charge in [-0.1, -0.05) is 41.9 Å². The van der Waals surface area contributed by atoms with Crippen LogP contribution in [0.1, 0.15) is 28.9 Å². The number of carbonyl (C=O) groups excluding carboxylic acids is 2. The molecule has 2 aromatic rings. The first-order valence-corrected chi connectivity index (χ1v) is 7.45. The van der Waals surface area contributed by atoms with Crippen molar-refractivity contribution in [2.24, 2.45) is 5.92 Å². The summed E-state index contributed by atoms with van der Waals surface area (Å²) in [5, 5.41) is 3.11. The molecule has 0 radical (unpaired) electrons. The highest BCUT2D eigenvalue weighted by Gasteiger charge is 2.28. The second-order valence-electron chi connectivity index (χ2n) is 5.03. The number of methoxy groups -OCH3 is 1. The molecule has 2 rings (SSSR count). The van der Waals surface area contributed by atoms with Crippen LogP contribution in [0.25, 0.3) is 0 Å². The lowest BCUT2D eigenvalue weighted by Crippen LogP contribution is -2.36. The van der Waals surface area contributed by atoms with Gasteiger partial charge in [-0.15, -0.1) is 0 Å². The van der Waals surface area contributed by atoms with Crippen molar-refractivity contribution < 1.29 is 14.3 Å². The zero-order valence-corrected chi connectivity index (χ0v) is 13.6. The van der Waals surface area contributed by atoms with Gasteiger partial charge < -0.3 is 10.1 Å². The predicted octanol–water partition coefficient (Wildman–Crippen LogP) is 3.02. The number of esters is 1. The third-order valence-corrected chi connectivity index (χ3v) is 3.84. The van der Waals surface area contributed by atoms with Crippen molar-refractivity contribution in [3.63, 3.8) is 0 Å². The van der Waals surface area contributed by atoms with Crippen LogP contribution in [0.3, 0.4) is 0 Å². The Labute approximate surface area is 139 Å². The molecule has 0 saturated carbocycles. The molecule has 2 atom stereocenters. The molecule has 1 aromatic carbocycles. The second kappa shape index (κ2) is 7.74. The Bertz CT molecular complexity index is 691. The number of rotatable bonds is 5. The molecule has 0 fully saturated rings. The van der Waals surface area contributed by atoms with Gasteiger partial charge in [0.2, 0.25) is 0 Å². The van der Waals surface area contributed by atoms with E-state index >= 15 is 0 Å². The summed E-state index contributed by atoms with van der Waals surface area (Å²) >= 11 is 6.00. The van der Waals surface area contributed by atoms with Gasteiger partial charge in [-0.25, -0.2) is 0 Å². The Morgan fingerprint density at radius 3 is 2.52 bits per heavy atom. The molecular weight excluding hydrogens is 316 g/mol. The molecule has 5 nitrogen and oxygen atoms in total. The van der Waals surface area contributed by atoms with Crippen LogP contribution in [0.4, 0.5) is 0 Å². The molecule has 0 saturated heterocycles. The number of benzene rings is 1. The van der Waals surface area contributed by atoms with Crippen molar-refractivity contribution in [1.29, 1.82) is 0 Å². The summed E-state index contributed by atoms with van der Waals surface area (Å²) in [6.45, 7) is 1.71. The molecule has 1 amide bonds. The van der Waals surface area contributed by atoms with Crippen LogP contribution in [-0.4, -0.2) is 24.0 Å². The third-order valence-electron chi connectivity index (χ3n) is 3.54. The number of aromatic nitrogens is 1. The maximum atomic E-state index is 12.5. The first-order valence-electron chi connectivity index (χ1n) is 7.07. The topological polar surface area (TPSA) is 68.3 Å². The van der Waals surface area contributed by atoms with Gasteiger partial charge in [0, 0.05) is 12.4 Å². The van der Waals surface area contributed by atoms with E-state index in [0.29, 0.717) is 5.56 Å². The lowest BCUT2D eigenvalue weighted by molar-refractivity contribution is -0.145. The monoisotopic (exact) mass is 332 g/mol. The first kappa shape index (κ1) is 17.0. The summed E-state index contributed by atoms with van der Waals surface area (Å²) in [6.07, 6.45) is 2.89. The van der Waals surface area contributed by atoms with Crippen LogP contribution in [0.2, 0.25) is 5.02 Å². The van der Waals surface area contributed by atoms with Crippen LogP contribution >= 0.6 is 11.6 Å². The molecule has 6 heteroatoms. The van der Waals surface area contributed by atoms with Crippen LogP contribution in [-0.2, 0) is 9.53 Å². The molecule has 0 spiro atoms. The van der Waals surface area contributed by atoms with Gasteiger partial charge in [0.15, 0.2) is 0 Å². The number of halogens is 1. The van der Waals surface area contributed by atoms with Gasteiger partial charge in [0.25, 0.3) is 5.91 Å². The van der Waals surface area contributed by atoms with E-state index in [1.165, 1.54) is 25.6 Å². The van der Waals surface area contributed by atoms with Crippen molar-refractivity contribution in [1.82, 2.24) is 10.3 Å². The Morgan fingerprint density at radius 1 is 1.22 bits per heavy atom. The molecular formula is C17H17ClN2O3. The molecule has 23 heavy (non-hydrogen) atoms. The average molecular weight is 333 g/mol. The Morgan fingerprint density at radius 2 is 1.91 bits per heavy atom. The molecule has 1 heterocycles. The highest BCUT2D eigenvalue weighted by atomic mass is 35.5. The van der Waals surface area contributed by atoms with Crippen molar-refractivity contribution in [2.75, 3.05) is 7.11 Å². The molecule has 0 aliphatic heterocycles. The number of ether oxygens (including phenoxy) is 1. The average Bonchev–Trinajstić information content (AvgIpc) is 2.59. The standard InChI is InChI=1S/C17H17ClN2O3/c1-11(17(22)23-2)15(12-6-4-3-5-7-12)20-16(21)13-8-9-19-10-14(13)18/h3-11,15H,1-2H3,(H,20,21)/t11-,15-/m0/s1. The summed E-state index contributed by atoms with van der Waals surface area (Å²) < 4.78 is 4.80. The Hall–Kier alpha value is -2.40. The summed E-state index contributed by atoms with van der Waals surface area (Å²) in [6, 6.07) is 10.3. The lowest BCUT2D eigenvalue weighted by atomic mass is 9.94. The molecule has 0 bridgehead atoms. The summed E-state index contributed by atoms with van der Waals surface area (Å²) in [4.78, 5) is 28.2. The van der Waals surface area contributed by atoms with Crippen LogP contribution in [0.15, 0.2) is 48.8 Å². The van der Waals surface area contributed by atoms with Crippen molar-refractivity contribution in [3.05, 3.63) is 64.9 Å². The van der Waals surface area contributed by atoms with Crippen LogP contribution in [0.5, 0.6) is 0 Å². The van der Waals surface area contributed by atoms with Gasteiger partial charge in [-0.05, 0) is 18.6 Å². The predicted molar refractivity (Wildman–Crippen MR) is 87.1 cm³/mol. The highest BCUT2D eigenvalue weighted by molar-refractivity contribution is 6.33. The minimum absolute atomic E-state index is 0.252. The van der Waals surface area contributed by atoms with Crippen molar-refractivity contribution >= 4 is 23.5 Å². The van der Waals surface area contributed by atoms with Crippen molar-refractivity contribution in [3.8, 4) is 0 Å². The Balaban J connectivity index is 2.30. The fourth-order valence-electron chi connectivity index (χ4n) is 2.26. The summed E-state index contributed by atoms with van der Waals surface area (Å²) in [7, 11) is 1.32. The number of nitrogens with zero attached hydrogens (tertiary/aromatic N) is 1. The van der Waals surface area contributed by atoms with Gasteiger partial charge >= 0.3 is 5.97 Å². The normalized spacial score (nSPS) is 13.0. The van der Waals surface area contributed by atoms with E-state index < -0.39 is 17.9 Å². The van der Waals surface area contributed by atoms with Gasteiger partial charge in [-0.2, -0.15) is 0 Å². The molecule has 0 aliphatic carbocycles. The molecule has 0 unspecified atom stereocenters. The third kappa shape index (κ3) is 4.07. The zero-order valence-electron chi connectivity index (χ0n) is 12.8. The summed E-state index contributed by atoms with van der Waals surface area (Å²) in [5.41, 5.74) is 1.11. The van der Waals surface area contributed by atoms with E-state index in [2.05, 4.69) is 10.3 Å². The maximum absolute atomic E-state index is 12.5. The van der Waals surface area contributed by atoms with E-state index in [0.717, 1.165) is 5.56 Å². The fourth-order valence-corrected chi connectivity index (χ4v) is 2.46. The largest absolute Gasteiger partial charge is 0.469 e. The quantitative estimate of drug-likeness (QED) is 0.855. The number of carbonyl (C=O) groups is 2. The van der Waals surface area contributed by atoms with E-state index in [4.69, 9.17) is 16.3 Å². The smallest absolute Gasteiger partial charge is 0.310 e. The molecule has 120 valence electrons. The number of amides is 1. The maximum Gasteiger partial charge on any atom is 0.310 e. The van der Waals surface area contributed by atoms with E-state index in [-0.39, 0.29) is 10.9 Å².